The van der Waals surface area contributed by atoms with Crippen LogP contribution in [0.4, 0.5) is 0 Å². The number of rotatable bonds is 6. The molecule has 0 bridgehead atoms. The summed E-state index contributed by atoms with van der Waals surface area (Å²) in [4.78, 5) is 0. The van der Waals surface area contributed by atoms with Crippen LogP contribution < -0.4 is 5.32 Å². The molecule has 4 heteroatoms. The largest absolute Gasteiger partial charge is 0.394 e. The molecule has 0 spiro atoms. The molecule has 0 amide bonds. The van der Waals surface area contributed by atoms with E-state index in [0.717, 1.165) is 32.1 Å². The maximum Gasteiger partial charge on any atom is 0.0647 e. The average molecular weight is 231 g/mol. The van der Waals surface area contributed by atoms with E-state index in [9.17, 15) is 10.2 Å². The molecule has 0 atom stereocenters. The summed E-state index contributed by atoms with van der Waals surface area (Å²) in [6.45, 7) is 1.97. The molecule has 1 aliphatic carbocycles. The third-order valence-corrected chi connectivity index (χ3v) is 3.80. The van der Waals surface area contributed by atoms with E-state index in [1.54, 1.807) is 7.11 Å². The zero-order valence-electron chi connectivity index (χ0n) is 10.4. The second-order valence-corrected chi connectivity index (χ2v) is 4.80. The highest BCUT2D eigenvalue weighted by Crippen LogP contribution is 2.23. The van der Waals surface area contributed by atoms with Crippen molar-refractivity contribution in [2.75, 3.05) is 20.3 Å². The van der Waals surface area contributed by atoms with Gasteiger partial charge in [-0.05, 0) is 32.1 Å². The smallest absolute Gasteiger partial charge is 0.0647 e. The number of hydrogen-bond donors (Lipinski definition) is 3. The van der Waals surface area contributed by atoms with E-state index in [-0.39, 0.29) is 13.2 Å². The fourth-order valence-electron chi connectivity index (χ4n) is 2.34. The maximum absolute atomic E-state index is 9.36. The molecule has 0 saturated heterocycles. The Balaban J connectivity index is 2.42. The van der Waals surface area contributed by atoms with Gasteiger partial charge in [0, 0.05) is 13.2 Å². The van der Waals surface area contributed by atoms with Crippen LogP contribution in [0.15, 0.2) is 0 Å². The third kappa shape index (κ3) is 3.42. The van der Waals surface area contributed by atoms with Crippen LogP contribution in [0.1, 0.15) is 39.0 Å². The van der Waals surface area contributed by atoms with Gasteiger partial charge in [0.25, 0.3) is 0 Å². The van der Waals surface area contributed by atoms with Crippen LogP contribution in [-0.4, -0.2) is 48.2 Å². The van der Waals surface area contributed by atoms with Crippen LogP contribution in [0.2, 0.25) is 0 Å². The molecule has 1 fully saturated rings. The van der Waals surface area contributed by atoms with E-state index in [1.807, 2.05) is 6.92 Å². The summed E-state index contributed by atoms with van der Waals surface area (Å²) < 4.78 is 5.32. The summed E-state index contributed by atoms with van der Waals surface area (Å²) in [6, 6.07) is 0.394. The molecule has 0 radical (unpaired) electrons. The molecule has 0 aromatic rings. The van der Waals surface area contributed by atoms with E-state index in [0.29, 0.717) is 12.1 Å². The molecule has 1 saturated carbocycles. The van der Waals surface area contributed by atoms with Crippen LogP contribution in [0.25, 0.3) is 0 Å². The van der Waals surface area contributed by atoms with Gasteiger partial charge in [-0.25, -0.2) is 0 Å². The number of aliphatic hydroxyl groups is 2. The molecule has 0 unspecified atom stereocenters. The van der Waals surface area contributed by atoms with E-state index < -0.39 is 5.54 Å². The Labute approximate surface area is 98.0 Å². The maximum atomic E-state index is 9.36. The summed E-state index contributed by atoms with van der Waals surface area (Å²) in [6.07, 6.45) is 5.36. The van der Waals surface area contributed by atoms with Crippen molar-refractivity contribution in [3.8, 4) is 0 Å². The Bertz CT molecular complexity index is 178. The molecular formula is C12H25NO3. The molecular weight excluding hydrogens is 206 g/mol. The second-order valence-electron chi connectivity index (χ2n) is 4.80. The summed E-state index contributed by atoms with van der Waals surface area (Å²) >= 11 is 0. The monoisotopic (exact) mass is 231 g/mol. The lowest BCUT2D eigenvalue weighted by Gasteiger charge is -2.37. The van der Waals surface area contributed by atoms with Crippen LogP contribution in [-0.2, 0) is 4.74 Å². The summed E-state index contributed by atoms with van der Waals surface area (Å²) in [5.74, 6) is 0. The zero-order valence-corrected chi connectivity index (χ0v) is 10.4. The molecule has 0 aromatic carbocycles. The predicted molar refractivity (Wildman–Crippen MR) is 63.4 cm³/mol. The molecule has 1 aliphatic rings. The molecule has 4 nitrogen and oxygen atoms in total. The molecule has 16 heavy (non-hydrogen) atoms. The normalized spacial score (nSPS) is 27.0. The first-order chi connectivity index (χ1) is 7.69. The zero-order chi connectivity index (χ0) is 12.0. The van der Waals surface area contributed by atoms with Gasteiger partial charge in [-0.2, -0.15) is 0 Å². The predicted octanol–water partition coefficient (Wildman–Crippen LogP) is 0.667. The highest BCUT2D eigenvalue weighted by molar-refractivity contribution is 4.90. The lowest BCUT2D eigenvalue weighted by atomic mass is 9.89. The molecule has 1 rings (SSSR count). The lowest BCUT2D eigenvalue weighted by Crippen LogP contribution is -2.56. The minimum absolute atomic E-state index is 0.00972. The van der Waals surface area contributed by atoms with Crippen molar-refractivity contribution in [3.05, 3.63) is 0 Å². The first kappa shape index (κ1) is 13.9. The molecule has 3 N–H and O–H groups in total. The first-order valence-electron chi connectivity index (χ1n) is 6.22. The van der Waals surface area contributed by atoms with Gasteiger partial charge in [0.2, 0.25) is 0 Å². The van der Waals surface area contributed by atoms with Crippen LogP contribution >= 0.6 is 0 Å². The Kier molecular flexibility index (Phi) is 5.69. The third-order valence-electron chi connectivity index (χ3n) is 3.80. The highest BCUT2D eigenvalue weighted by Gasteiger charge is 2.31. The van der Waals surface area contributed by atoms with E-state index in [4.69, 9.17) is 4.74 Å². The van der Waals surface area contributed by atoms with Crippen molar-refractivity contribution in [2.24, 2.45) is 0 Å². The average Bonchev–Trinajstić information content (AvgIpc) is 2.37. The van der Waals surface area contributed by atoms with Gasteiger partial charge in [-0.1, -0.05) is 6.92 Å². The van der Waals surface area contributed by atoms with Gasteiger partial charge in [0.1, 0.15) is 0 Å². The van der Waals surface area contributed by atoms with Gasteiger partial charge in [0.15, 0.2) is 0 Å². The van der Waals surface area contributed by atoms with E-state index in [2.05, 4.69) is 5.32 Å². The van der Waals surface area contributed by atoms with Gasteiger partial charge < -0.3 is 20.3 Å². The molecule has 0 aromatic heterocycles. The standard InChI is InChI=1S/C12H25NO3/c1-3-12(8-14,9-15)13-10-4-6-11(16-2)7-5-10/h10-11,13-15H,3-9H2,1-2H3. The van der Waals surface area contributed by atoms with Crippen molar-refractivity contribution in [2.45, 2.75) is 56.7 Å². The van der Waals surface area contributed by atoms with Gasteiger partial charge >= 0.3 is 0 Å². The van der Waals surface area contributed by atoms with Gasteiger partial charge in [-0.3, -0.25) is 0 Å². The topological polar surface area (TPSA) is 61.7 Å². The van der Waals surface area contributed by atoms with Crippen LogP contribution in [0.3, 0.4) is 0 Å². The van der Waals surface area contributed by atoms with Crippen molar-refractivity contribution >= 4 is 0 Å². The minimum atomic E-state index is -0.509. The SMILES string of the molecule is CCC(CO)(CO)NC1CCC(OC)CC1. The second kappa shape index (κ2) is 6.55. The lowest BCUT2D eigenvalue weighted by molar-refractivity contribution is 0.0393. The van der Waals surface area contributed by atoms with E-state index >= 15 is 0 Å². The highest BCUT2D eigenvalue weighted by atomic mass is 16.5. The quantitative estimate of drug-likeness (QED) is 0.628. The summed E-state index contributed by atoms with van der Waals surface area (Å²) in [5.41, 5.74) is -0.509. The van der Waals surface area contributed by atoms with Crippen LogP contribution in [0.5, 0.6) is 0 Å². The Morgan fingerprint density at radius 2 is 1.75 bits per heavy atom. The van der Waals surface area contributed by atoms with Crippen molar-refractivity contribution < 1.29 is 14.9 Å². The fraction of sp³-hybridized carbons (Fsp3) is 1.00. The van der Waals surface area contributed by atoms with Crippen molar-refractivity contribution in [1.29, 1.82) is 0 Å². The molecule has 96 valence electrons. The molecule has 0 heterocycles. The van der Waals surface area contributed by atoms with Gasteiger partial charge in [-0.15, -0.1) is 0 Å². The Morgan fingerprint density at radius 3 is 2.12 bits per heavy atom. The first-order valence-corrected chi connectivity index (χ1v) is 6.22. The number of ether oxygens (including phenoxy) is 1. The number of hydrogen-bond acceptors (Lipinski definition) is 4. The Hall–Kier alpha value is -0.160. The van der Waals surface area contributed by atoms with Gasteiger partial charge in [0.05, 0.1) is 24.9 Å². The Morgan fingerprint density at radius 1 is 1.19 bits per heavy atom. The number of nitrogens with one attached hydrogen (secondary N) is 1. The van der Waals surface area contributed by atoms with Crippen molar-refractivity contribution in [3.63, 3.8) is 0 Å². The molecule has 0 aliphatic heterocycles. The summed E-state index contributed by atoms with van der Waals surface area (Å²) in [5, 5.41) is 22.1. The fourth-order valence-corrected chi connectivity index (χ4v) is 2.34. The van der Waals surface area contributed by atoms with Crippen LogP contribution in [0, 0.1) is 0 Å². The van der Waals surface area contributed by atoms with Crippen molar-refractivity contribution in [1.82, 2.24) is 5.32 Å². The van der Waals surface area contributed by atoms with E-state index in [1.165, 1.54) is 0 Å². The number of aliphatic hydroxyl groups excluding tert-OH is 2. The number of methoxy groups -OCH3 is 1. The summed E-state index contributed by atoms with van der Waals surface area (Å²) in [7, 11) is 1.76. The minimum Gasteiger partial charge on any atom is -0.394 e.